The highest BCUT2D eigenvalue weighted by Crippen LogP contribution is 2.06. The second kappa shape index (κ2) is 12.9. The van der Waals surface area contributed by atoms with Crippen LogP contribution in [0.15, 0.2) is 30.3 Å². The molecule has 1 aromatic rings. The van der Waals surface area contributed by atoms with E-state index in [2.05, 4.69) is 16.7 Å². The van der Waals surface area contributed by atoms with Crippen molar-refractivity contribution in [3.63, 3.8) is 0 Å². The molecular formula is C17H25Cl2N3O2. The zero-order valence-electron chi connectivity index (χ0n) is 13.6. The van der Waals surface area contributed by atoms with Crippen LogP contribution in [0.3, 0.4) is 0 Å². The van der Waals surface area contributed by atoms with E-state index in [0.29, 0.717) is 26.2 Å². The summed E-state index contributed by atoms with van der Waals surface area (Å²) in [5, 5.41) is 0. The fourth-order valence-corrected chi connectivity index (χ4v) is 2.23. The Bertz CT molecular complexity index is 524. The molecular weight excluding hydrogens is 349 g/mol. The average Bonchev–Trinajstić information content (AvgIpc) is 2.58. The van der Waals surface area contributed by atoms with Crippen LogP contribution in [0.2, 0.25) is 0 Å². The van der Waals surface area contributed by atoms with E-state index in [4.69, 9.17) is 10.5 Å². The SMILES string of the molecule is Cl.Cl.NCCC#CCN1CCN(C(=O)OCc2ccccc2)CC1. The van der Waals surface area contributed by atoms with Crippen LogP contribution in [0.1, 0.15) is 12.0 Å². The van der Waals surface area contributed by atoms with Crippen molar-refractivity contribution in [3.8, 4) is 11.8 Å². The second-order valence-corrected chi connectivity index (χ2v) is 5.20. The summed E-state index contributed by atoms with van der Waals surface area (Å²) in [5.41, 5.74) is 6.40. The monoisotopic (exact) mass is 373 g/mol. The summed E-state index contributed by atoms with van der Waals surface area (Å²) in [6.07, 6.45) is 0.504. The van der Waals surface area contributed by atoms with Crippen LogP contribution in [0, 0.1) is 11.8 Å². The molecule has 134 valence electrons. The molecule has 0 saturated carbocycles. The molecule has 2 N–H and O–H groups in total. The second-order valence-electron chi connectivity index (χ2n) is 5.20. The summed E-state index contributed by atoms with van der Waals surface area (Å²) < 4.78 is 5.34. The maximum atomic E-state index is 12.0. The van der Waals surface area contributed by atoms with Gasteiger partial charge in [-0.25, -0.2) is 4.79 Å². The molecule has 0 radical (unpaired) electrons. The van der Waals surface area contributed by atoms with Crippen molar-refractivity contribution in [2.75, 3.05) is 39.3 Å². The highest BCUT2D eigenvalue weighted by atomic mass is 35.5. The Morgan fingerprint density at radius 1 is 1.08 bits per heavy atom. The number of hydrogen-bond acceptors (Lipinski definition) is 4. The normalized spacial score (nSPS) is 13.8. The van der Waals surface area contributed by atoms with Gasteiger partial charge in [0.25, 0.3) is 0 Å². The molecule has 1 fully saturated rings. The zero-order valence-corrected chi connectivity index (χ0v) is 15.3. The van der Waals surface area contributed by atoms with Crippen LogP contribution in [-0.2, 0) is 11.3 Å². The number of carbonyl (C=O) groups is 1. The smallest absolute Gasteiger partial charge is 0.410 e. The van der Waals surface area contributed by atoms with Crippen LogP contribution in [0.5, 0.6) is 0 Å². The lowest BCUT2D eigenvalue weighted by Gasteiger charge is -2.32. The quantitative estimate of drug-likeness (QED) is 0.821. The molecule has 5 nitrogen and oxygen atoms in total. The predicted molar refractivity (Wildman–Crippen MR) is 101 cm³/mol. The van der Waals surface area contributed by atoms with E-state index in [1.54, 1.807) is 4.90 Å². The average molecular weight is 374 g/mol. The van der Waals surface area contributed by atoms with Crippen LogP contribution >= 0.6 is 24.8 Å². The molecule has 1 aromatic carbocycles. The first-order valence-corrected chi connectivity index (χ1v) is 7.63. The number of rotatable bonds is 4. The van der Waals surface area contributed by atoms with Crippen LogP contribution in [0.25, 0.3) is 0 Å². The molecule has 0 aliphatic carbocycles. The van der Waals surface area contributed by atoms with Crippen molar-refractivity contribution in [2.45, 2.75) is 13.0 Å². The Kier molecular flexibility index (Phi) is 12.1. The number of nitrogens with two attached hydrogens (primary N) is 1. The summed E-state index contributed by atoms with van der Waals surface area (Å²) in [5.74, 6) is 6.14. The van der Waals surface area contributed by atoms with Gasteiger partial charge in [0.2, 0.25) is 0 Å². The van der Waals surface area contributed by atoms with Gasteiger partial charge in [0.05, 0.1) is 6.54 Å². The first-order valence-electron chi connectivity index (χ1n) is 7.63. The lowest BCUT2D eigenvalue weighted by atomic mass is 10.2. The van der Waals surface area contributed by atoms with Crippen LogP contribution in [-0.4, -0.2) is 55.2 Å². The van der Waals surface area contributed by atoms with Gasteiger partial charge in [0.1, 0.15) is 6.61 Å². The minimum absolute atomic E-state index is 0. The molecule has 0 bridgehead atoms. The zero-order chi connectivity index (χ0) is 15.6. The lowest BCUT2D eigenvalue weighted by molar-refractivity contribution is 0.0745. The fraction of sp³-hybridized carbons (Fsp3) is 0.471. The molecule has 1 amide bonds. The molecule has 1 saturated heterocycles. The number of piperazine rings is 1. The summed E-state index contributed by atoms with van der Waals surface area (Å²) >= 11 is 0. The summed E-state index contributed by atoms with van der Waals surface area (Å²) in [6.45, 7) is 4.71. The van der Waals surface area contributed by atoms with Gasteiger partial charge in [-0.05, 0) is 5.56 Å². The Morgan fingerprint density at radius 3 is 2.38 bits per heavy atom. The van der Waals surface area contributed by atoms with Gasteiger partial charge in [-0.2, -0.15) is 0 Å². The van der Waals surface area contributed by atoms with E-state index in [1.165, 1.54) is 0 Å². The first-order chi connectivity index (χ1) is 10.8. The minimum atomic E-state index is -0.238. The van der Waals surface area contributed by atoms with Gasteiger partial charge in [0, 0.05) is 39.1 Å². The number of hydrogen-bond donors (Lipinski definition) is 1. The van der Waals surface area contributed by atoms with Gasteiger partial charge in [-0.15, -0.1) is 30.7 Å². The third-order valence-corrected chi connectivity index (χ3v) is 3.53. The molecule has 0 unspecified atom stereocenters. The fourth-order valence-electron chi connectivity index (χ4n) is 2.23. The molecule has 0 atom stereocenters. The molecule has 0 aromatic heterocycles. The largest absolute Gasteiger partial charge is 0.445 e. The van der Waals surface area contributed by atoms with Gasteiger partial charge < -0.3 is 15.4 Å². The molecule has 1 aliphatic rings. The van der Waals surface area contributed by atoms with Gasteiger partial charge in [-0.3, -0.25) is 4.90 Å². The van der Waals surface area contributed by atoms with Crippen molar-refractivity contribution in [3.05, 3.63) is 35.9 Å². The Hall–Kier alpha value is -1.45. The van der Waals surface area contributed by atoms with Gasteiger partial charge in [0.15, 0.2) is 0 Å². The summed E-state index contributed by atoms with van der Waals surface area (Å²) in [7, 11) is 0. The molecule has 2 rings (SSSR count). The van der Waals surface area contributed by atoms with Crippen molar-refractivity contribution in [2.24, 2.45) is 5.73 Å². The number of benzene rings is 1. The van der Waals surface area contributed by atoms with E-state index >= 15 is 0 Å². The molecule has 1 heterocycles. The third kappa shape index (κ3) is 7.89. The van der Waals surface area contributed by atoms with Crippen molar-refractivity contribution in [1.82, 2.24) is 9.80 Å². The topological polar surface area (TPSA) is 58.8 Å². The molecule has 0 spiro atoms. The number of ether oxygens (including phenoxy) is 1. The number of nitrogens with zero attached hydrogens (tertiary/aromatic N) is 2. The molecule has 1 aliphatic heterocycles. The van der Waals surface area contributed by atoms with E-state index in [1.807, 2.05) is 30.3 Å². The van der Waals surface area contributed by atoms with E-state index in [-0.39, 0.29) is 30.9 Å². The van der Waals surface area contributed by atoms with Crippen molar-refractivity contribution in [1.29, 1.82) is 0 Å². The van der Waals surface area contributed by atoms with Crippen LogP contribution in [0.4, 0.5) is 4.79 Å². The van der Waals surface area contributed by atoms with Crippen molar-refractivity contribution >= 4 is 30.9 Å². The van der Waals surface area contributed by atoms with E-state index in [0.717, 1.165) is 31.6 Å². The van der Waals surface area contributed by atoms with Gasteiger partial charge >= 0.3 is 6.09 Å². The Morgan fingerprint density at radius 2 is 1.75 bits per heavy atom. The number of halogens is 2. The molecule has 7 heteroatoms. The maximum absolute atomic E-state index is 12.0. The summed E-state index contributed by atoms with van der Waals surface area (Å²) in [6, 6.07) is 9.72. The summed E-state index contributed by atoms with van der Waals surface area (Å²) in [4.78, 5) is 16.0. The minimum Gasteiger partial charge on any atom is -0.445 e. The predicted octanol–water partition coefficient (Wildman–Crippen LogP) is 2.14. The van der Waals surface area contributed by atoms with Gasteiger partial charge in [-0.1, -0.05) is 36.3 Å². The number of amides is 1. The first kappa shape index (κ1) is 22.6. The molecule has 24 heavy (non-hydrogen) atoms. The highest BCUT2D eigenvalue weighted by Gasteiger charge is 2.21. The maximum Gasteiger partial charge on any atom is 0.410 e. The third-order valence-electron chi connectivity index (χ3n) is 3.53. The standard InChI is InChI=1S/C17H23N3O2.2ClH/c18-9-5-2-6-10-19-11-13-20(14-12-19)17(21)22-15-16-7-3-1-4-8-16;;/h1,3-4,7-8H,5,9-15,18H2;2*1H. The highest BCUT2D eigenvalue weighted by molar-refractivity contribution is 5.85. The number of carbonyl (C=O) groups excluding carboxylic acids is 1. The van der Waals surface area contributed by atoms with E-state index < -0.39 is 0 Å². The Labute approximate surface area is 156 Å². The van der Waals surface area contributed by atoms with E-state index in [9.17, 15) is 4.79 Å². The lowest BCUT2D eigenvalue weighted by Crippen LogP contribution is -2.48. The van der Waals surface area contributed by atoms with Crippen LogP contribution < -0.4 is 5.73 Å². The van der Waals surface area contributed by atoms with Crippen molar-refractivity contribution < 1.29 is 9.53 Å². The Balaban J connectivity index is 0.00000264.